The maximum absolute atomic E-state index is 12.9. The highest BCUT2D eigenvalue weighted by Crippen LogP contribution is 2.25. The van der Waals surface area contributed by atoms with E-state index >= 15 is 0 Å². The Morgan fingerprint density at radius 2 is 1.86 bits per heavy atom. The quantitative estimate of drug-likeness (QED) is 0.715. The smallest absolute Gasteiger partial charge is 0.126 e. The van der Waals surface area contributed by atoms with Gasteiger partial charge in [0.15, 0.2) is 0 Å². The second-order valence-electron chi connectivity index (χ2n) is 3.56. The van der Waals surface area contributed by atoms with Crippen molar-refractivity contribution in [2.24, 2.45) is 0 Å². The Balaban J connectivity index is 2.23. The number of nitrogens with one attached hydrogen (secondary N) is 1. The number of halogens is 2. The summed E-state index contributed by atoms with van der Waals surface area (Å²) in [4.78, 5) is 0. The van der Waals surface area contributed by atoms with Crippen LogP contribution in [0.2, 0.25) is 0 Å². The maximum Gasteiger partial charge on any atom is 0.126 e. The molecule has 1 aliphatic rings. The second kappa shape index (κ2) is 3.63. The van der Waals surface area contributed by atoms with Crippen molar-refractivity contribution < 1.29 is 13.9 Å². The summed E-state index contributed by atoms with van der Waals surface area (Å²) in [5.41, 5.74) is 0.603. The SMILES string of the molecule is OC1C[C@@H](c2cc(F)cc(F)c2)CN1. The fourth-order valence-corrected chi connectivity index (χ4v) is 1.78. The third kappa shape index (κ3) is 1.91. The van der Waals surface area contributed by atoms with Crippen molar-refractivity contribution in [2.75, 3.05) is 6.54 Å². The van der Waals surface area contributed by atoms with Crippen LogP contribution in [0.4, 0.5) is 8.78 Å². The molecule has 2 atom stereocenters. The van der Waals surface area contributed by atoms with Gasteiger partial charge in [-0.3, -0.25) is 5.32 Å². The first-order chi connectivity index (χ1) is 6.65. The molecule has 76 valence electrons. The highest BCUT2D eigenvalue weighted by Gasteiger charge is 2.24. The summed E-state index contributed by atoms with van der Waals surface area (Å²) in [7, 11) is 0. The minimum absolute atomic E-state index is 0.00444. The zero-order chi connectivity index (χ0) is 10.1. The summed E-state index contributed by atoms with van der Waals surface area (Å²) in [6.07, 6.45) is -0.0607. The zero-order valence-corrected chi connectivity index (χ0v) is 7.50. The van der Waals surface area contributed by atoms with E-state index < -0.39 is 17.9 Å². The number of rotatable bonds is 1. The Labute approximate surface area is 80.6 Å². The molecule has 1 aliphatic heterocycles. The normalized spacial score (nSPS) is 26.8. The van der Waals surface area contributed by atoms with E-state index in [0.717, 1.165) is 6.07 Å². The van der Waals surface area contributed by atoms with E-state index in [4.69, 9.17) is 0 Å². The van der Waals surface area contributed by atoms with Gasteiger partial charge in [0.2, 0.25) is 0 Å². The monoisotopic (exact) mass is 199 g/mol. The van der Waals surface area contributed by atoms with Crippen molar-refractivity contribution in [3.05, 3.63) is 35.4 Å². The number of aliphatic hydroxyl groups is 1. The summed E-state index contributed by atoms with van der Waals surface area (Å²) in [6.45, 7) is 0.560. The van der Waals surface area contributed by atoms with Gasteiger partial charge in [0.25, 0.3) is 0 Å². The van der Waals surface area contributed by atoms with Gasteiger partial charge in [-0.25, -0.2) is 8.78 Å². The molecule has 4 heteroatoms. The molecule has 1 aromatic rings. The summed E-state index contributed by atoms with van der Waals surface area (Å²) in [6, 6.07) is 3.48. The van der Waals surface area contributed by atoms with Crippen molar-refractivity contribution >= 4 is 0 Å². The molecular weight excluding hydrogens is 188 g/mol. The lowest BCUT2D eigenvalue weighted by molar-refractivity contribution is 0.159. The zero-order valence-electron chi connectivity index (χ0n) is 7.50. The Hall–Kier alpha value is -1.00. The first kappa shape index (κ1) is 9.55. The summed E-state index contributed by atoms with van der Waals surface area (Å²) < 4.78 is 25.7. The lowest BCUT2D eigenvalue weighted by atomic mass is 9.98. The second-order valence-corrected chi connectivity index (χ2v) is 3.56. The van der Waals surface area contributed by atoms with Crippen LogP contribution in [0.1, 0.15) is 17.9 Å². The highest BCUT2D eigenvalue weighted by atomic mass is 19.1. The third-order valence-electron chi connectivity index (χ3n) is 2.46. The molecule has 0 bridgehead atoms. The molecule has 14 heavy (non-hydrogen) atoms. The molecule has 1 saturated heterocycles. The van der Waals surface area contributed by atoms with Gasteiger partial charge in [0.05, 0.1) is 0 Å². The van der Waals surface area contributed by atoms with Crippen molar-refractivity contribution in [2.45, 2.75) is 18.6 Å². The first-order valence-electron chi connectivity index (χ1n) is 4.52. The number of hydrogen-bond acceptors (Lipinski definition) is 2. The van der Waals surface area contributed by atoms with Crippen LogP contribution in [0.25, 0.3) is 0 Å². The standard InChI is InChI=1S/C10H11F2NO/c11-8-1-6(2-9(12)4-8)7-3-10(14)13-5-7/h1-2,4,7,10,13-14H,3,5H2/t7-,10?/m1/s1. The molecule has 0 saturated carbocycles. The van der Waals surface area contributed by atoms with E-state index in [-0.39, 0.29) is 5.92 Å². The average molecular weight is 199 g/mol. The molecule has 0 aliphatic carbocycles. The number of benzene rings is 1. The molecule has 1 fully saturated rings. The van der Waals surface area contributed by atoms with Crippen LogP contribution in [0.5, 0.6) is 0 Å². The van der Waals surface area contributed by atoms with Gasteiger partial charge in [0.1, 0.15) is 17.9 Å². The molecule has 2 N–H and O–H groups in total. The van der Waals surface area contributed by atoms with Crippen molar-refractivity contribution in [1.82, 2.24) is 5.32 Å². The third-order valence-corrected chi connectivity index (χ3v) is 2.46. The fraction of sp³-hybridized carbons (Fsp3) is 0.400. The predicted molar refractivity (Wildman–Crippen MR) is 47.7 cm³/mol. The molecule has 1 unspecified atom stereocenters. The Morgan fingerprint density at radius 3 is 2.36 bits per heavy atom. The van der Waals surface area contributed by atoms with Gasteiger partial charge in [-0.05, 0) is 24.1 Å². The summed E-state index contributed by atoms with van der Waals surface area (Å²) in [5.74, 6) is -1.14. The van der Waals surface area contributed by atoms with Gasteiger partial charge in [-0.15, -0.1) is 0 Å². The van der Waals surface area contributed by atoms with Crippen molar-refractivity contribution in [1.29, 1.82) is 0 Å². The van der Waals surface area contributed by atoms with Crippen molar-refractivity contribution in [3.63, 3.8) is 0 Å². The van der Waals surface area contributed by atoms with E-state index in [0.29, 0.717) is 18.5 Å². The molecular formula is C10H11F2NO. The fourth-order valence-electron chi connectivity index (χ4n) is 1.78. The molecule has 0 amide bonds. The lowest BCUT2D eigenvalue weighted by Crippen LogP contribution is -2.19. The summed E-state index contributed by atoms with van der Waals surface area (Å²) >= 11 is 0. The Kier molecular flexibility index (Phi) is 2.48. The first-order valence-corrected chi connectivity index (χ1v) is 4.52. The molecule has 1 heterocycles. The molecule has 2 nitrogen and oxygen atoms in total. The van der Waals surface area contributed by atoms with Crippen molar-refractivity contribution in [3.8, 4) is 0 Å². The minimum atomic E-state index is -0.568. The van der Waals surface area contributed by atoms with Gasteiger partial charge in [-0.2, -0.15) is 0 Å². The van der Waals surface area contributed by atoms with Crippen LogP contribution < -0.4 is 5.32 Å². The van der Waals surface area contributed by atoms with Gasteiger partial charge >= 0.3 is 0 Å². The van der Waals surface area contributed by atoms with Gasteiger partial charge in [0, 0.05) is 18.5 Å². The maximum atomic E-state index is 12.9. The average Bonchev–Trinajstić information content (AvgIpc) is 2.50. The van der Waals surface area contributed by atoms with Crippen LogP contribution in [-0.2, 0) is 0 Å². The molecule has 0 spiro atoms. The molecule has 0 radical (unpaired) electrons. The van der Waals surface area contributed by atoms with Crippen LogP contribution in [0.3, 0.4) is 0 Å². The Morgan fingerprint density at radius 1 is 1.21 bits per heavy atom. The predicted octanol–water partition coefficient (Wildman–Crippen LogP) is 1.36. The number of aliphatic hydroxyl groups excluding tert-OH is 1. The van der Waals surface area contributed by atoms with E-state index in [1.165, 1.54) is 12.1 Å². The van der Waals surface area contributed by atoms with E-state index in [1.807, 2.05) is 0 Å². The Bertz CT molecular complexity index is 323. The molecule has 0 aromatic heterocycles. The van der Waals surface area contributed by atoms with Gasteiger partial charge < -0.3 is 5.11 Å². The van der Waals surface area contributed by atoms with Crippen LogP contribution in [0.15, 0.2) is 18.2 Å². The lowest BCUT2D eigenvalue weighted by Gasteiger charge is -2.08. The van der Waals surface area contributed by atoms with E-state index in [9.17, 15) is 13.9 Å². The minimum Gasteiger partial charge on any atom is -0.379 e. The number of hydrogen-bond donors (Lipinski definition) is 2. The van der Waals surface area contributed by atoms with E-state index in [2.05, 4.69) is 5.32 Å². The summed E-state index contributed by atoms with van der Waals surface area (Å²) in [5, 5.41) is 12.0. The molecule has 2 rings (SSSR count). The van der Waals surface area contributed by atoms with Crippen LogP contribution >= 0.6 is 0 Å². The van der Waals surface area contributed by atoms with Crippen LogP contribution in [-0.4, -0.2) is 17.9 Å². The highest BCUT2D eigenvalue weighted by molar-refractivity contribution is 5.23. The largest absolute Gasteiger partial charge is 0.379 e. The van der Waals surface area contributed by atoms with E-state index in [1.54, 1.807) is 0 Å². The topological polar surface area (TPSA) is 32.3 Å². The van der Waals surface area contributed by atoms with Gasteiger partial charge in [-0.1, -0.05) is 0 Å². The molecule has 1 aromatic carbocycles. The van der Waals surface area contributed by atoms with Crippen LogP contribution in [0, 0.1) is 11.6 Å².